The Balaban J connectivity index is 1.88. The van der Waals surface area contributed by atoms with Crippen molar-refractivity contribution in [1.82, 2.24) is 5.32 Å². The van der Waals surface area contributed by atoms with Gasteiger partial charge in [-0.15, -0.1) is 0 Å². The maximum atomic E-state index is 11.7. The molecule has 1 aliphatic heterocycles. The van der Waals surface area contributed by atoms with Crippen molar-refractivity contribution in [3.05, 3.63) is 35.9 Å². The van der Waals surface area contributed by atoms with Crippen molar-refractivity contribution in [1.29, 1.82) is 0 Å². The van der Waals surface area contributed by atoms with Gasteiger partial charge in [0.2, 0.25) is 5.91 Å². The van der Waals surface area contributed by atoms with Gasteiger partial charge in [0.1, 0.15) is 0 Å². The summed E-state index contributed by atoms with van der Waals surface area (Å²) in [4.78, 5) is 11.7. The standard InChI is InChI=1S/C14H18N2O2/c1-10-13(8-9-18-10)16-14(17)7-4-11-2-5-12(15)6-3-11/h2-7,10,13H,8-9,15H2,1H3,(H,16,17)/b7-4+. The molecule has 0 saturated carbocycles. The second-order valence-electron chi connectivity index (χ2n) is 4.48. The van der Waals surface area contributed by atoms with Gasteiger partial charge in [-0.25, -0.2) is 0 Å². The Bertz CT molecular complexity index is 440. The molecule has 1 aliphatic rings. The predicted octanol–water partition coefficient (Wildman–Crippen LogP) is 1.58. The maximum Gasteiger partial charge on any atom is 0.244 e. The highest BCUT2D eigenvalue weighted by molar-refractivity contribution is 5.92. The average molecular weight is 246 g/mol. The number of nitrogens with one attached hydrogen (secondary N) is 1. The summed E-state index contributed by atoms with van der Waals surface area (Å²) in [6, 6.07) is 7.49. The number of amides is 1. The predicted molar refractivity (Wildman–Crippen MR) is 71.9 cm³/mol. The smallest absolute Gasteiger partial charge is 0.244 e. The molecule has 1 heterocycles. The Morgan fingerprint density at radius 3 is 2.78 bits per heavy atom. The van der Waals surface area contributed by atoms with E-state index in [1.54, 1.807) is 6.08 Å². The molecule has 4 nitrogen and oxygen atoms in total. The van der Waals surface area contributed by atoms with Gasteiger partial charge in [-0.3, -0.25) is 4.79 Å². The SMILES string of the molecule is CC1OCCC1NC(=O)/C=C/c1ccc(N)cc1. The van der Waals surface area contributed by atoms with Crippen LogP contribution in [0.4, 0.5) is 5.69 Å². The molecular formula is C14H18N2O2. The van der Waals surface area contributed by atoms with Gasteiger partial charge in [0.05, 0.1) is 12.1 Å². The van der Waals surface area contributed by atoms with Gasteiger partial charge in [0.15, 0.2) is 0 Å². The largest absolute Gasteiger partial charge is 0.399 e. The van der Waals surface area contributed by atoms with E-state index in [4.69, 9.17) is 10.5 Å². The molecule has 0 aromatic heterocycles. The minimum absolute atomic E-state index is 0.0887. The number of nitrogen functional groups attached to an aromatic ring is 1. The van der Waals surface area contributed by atoms with Crippen LogP contribution < -0.4 is 11.1 Å². The third kappa shape index (κ3) is 3.34. The molecule has 1 saturated heterocycles. The lowest BCUT2D eigenvalue weighted by Gasteiger charge is -2.14. The van der Waals surface area contributed by atoms with Crippen LogP contribution in [0.2, 0.25) is 0 Å². The first-order chi connectivity index (χ1) is 8.65. The topological polar surface area (TPSA) is 64.3 Å². The van der Waals surface area contributed by atoms with E-state index in [0.29, 0.717) is 12.3 Å². The molecule has 3 N–H and O–H groups in total. The summed E-state index contributed by atoms with van der Waals surface area (Å²) in [5.41, 5.74) is 7.26. The van der Waals surface area contributed by atoms with E-state index < -0.39 is 0 Å². The average Bonchev–Trinajstić information content (AvgIpc) is 2.74. The fraction of sp³-hybridized carbons (Fsp3) is 0.357. The number of anilines is 1. The summed E-state index contributed by atoms with van der Waals surface area (Å²) in [7, 11) is 0. The number of hydrogen-bond donors (Lipinski definition) is 2. The summed E-state index contributed by atoms with van der Waals surface area (Å²) >= 11 is 0. The van der Waals surface area contributed by atoms with Gasteiger partial charge in [-0.05, 0) is 37.1 Å². The van der Waals surface area contributed by atoms with Crippen LogP contribution in [0.1, 0.15) is 18.9 Å². The molecule has 1 aromatic carbocycles. The molecular weight excluding hydrogens is 228 g/mol. The summed E-state index contributed by atoms with van der Waals surface area (Å²) < 4.78 is 5.39. The number of hydrogen-bond acceptors (Lipinski definition) is 3. The molecule has 0 radical (unpaired) electrons. The summed E-state index contributed by atoms with van der Waals surface area (Å²) in [6.45, 7) is 2.69. The Hall–Kier alpha value is -1.81. The van der Waals surface area contributed by atoms with Crippen molar-refractivity contribution in [2.24, 2.45) is 0 Å². The van der Waals surface area contributed by atoms with Crippen molar-refractivity contribution >= 4 is 17.7 Å². The van der Waals surface area contributed by atoms with Gasteiger partial charge in [-0.1, -0.05) is 12.1 Å². The van der Waals surface area contributed by atoms with Crippen LogP contribution >= 0.6 is 0 Å². The monoisotopic (exact) mass is 246 g/mol. The van der Waals surface area contributed by atoms with Crippen LogP contribution in [0.3, 0.4) is 0 Å². The van der Waals surface area contributed by atoms with E-state index in [0.717, 1.165) is 12.0 Å². The Morgan fingerprint density at radius 2 is 2.17 bits per heavy atom. The van der Waals surface area contributed by atoms with E-state index in [1.807, 2.05) is 31.2 Å². The highest BCUT2D eigenvalue weighted by Gasteiger charge is 2.24. The van der Waals surface area contributed by atoms with Crippen LogP contribution in [0.5, 0.6) is 0 Å². The first-order valence-corrected chi connectivity index (χ1v) is 6.11. The summed E-state index contributed by atoms with van der Waals surface area (Å²) in [5.74, 6) is -0.0887. The number of benzene rings is 1. The molecule has 96 valence electrons. The van der Waals surface area contributed by atoms with Crippen molar-refractivity contribution in [3.63, 3.8) is 0 Å². The summed E-state index contributed by atoms with van der Waals surface area (Å²) in [6.07, 6.45) is 4.29. The number of nitrogens with two attached hydrogens (primary N) is 1. The highest BCUT2D eigenvalue weighted by Crippen LogP contribution is 2.12. The minimum atomic E-state index is -0.0887. The lowest BCUT2D eigenvalue weighted by Crippen LogP contribution is -2.38. The van der Waals surface area contributed by atoms with E-state index in [9.17, 15) is 4.79 Å². The van der Waals surface area contributed by atoms with Crippen LogP contribution in [0, 0.1) is 0 Å². The first-order valence-electron chi connectivity index (χ1n) is 6.11. The number of carbonyl (C=O) groups excluding carboxylic acids is 1. The first kappa shape index (κ1) is 12.6. The Labute approximate surface area is 107 Å². The van der Waals surface area contributed by atoms with E-state index >= 15 is 0 Å². The molecule has 2 rings (SSSR count). The van der Waals surface area contributed by atoms with Crippen LogP contribution in [0.15, 0.2) is 30.3 Å². The molecule has 0 aliphatic carbocycles. The molecule has 1 aromatic rings. The second-order valence-corrected chi connectivity index (χ2v) is 4.48. The fourth-order valence-electron chi connectivity index (χ4n) is 1.93. The minimum Gasteiger partial charge on any atom is -0.399 e. The third-order valence-corrected chi connectivity index (χ3v) is 3.07. The second kappa shape index (κ2) is 5.69. The van der Waals surface area contributed by atoms with E-state index in [-0.39, 0.29) is 18.1 Å². The third-order valence-electron chi connectivity index (χ3n) is 3.07. The van der Waals surface area contributed by atoms with Crippen molar-refractivity contribution in [2.45, 2.75) is 25.5 Å². The lowest BCUT2D eigenvalue weighted by molar-refractivity contribution is -0.117. The number of rotatable bonds is 3. The van der Waals surface area contributed by atoms with Gasteiger partial charge < -0.3 is 15.8 Å². The highest BCUT2D eigenvalue weighted by atomic mass is 16.5. The number of carbonyl (C=O) groups is 1. The van der Waals surface area contributed by atoms with Gasteiger partial charge in [0, 0.05) is 18.4 Å². The van der Waals surface area contributed by atoms with Crippen LogP contribution in [-0.2, 0) is 9.53 Å². The Morgan fingerprint density at radius 1 is 1.44 bits per heavy atom. The van der Waals surface area contributed by atoms with Crippen LogP contribution in [0.25, 0.3) is 6.08 Å². The zero-order valence-electron chi connectivity index (χ0n) is 10.4. The molecule has 18 heavy (non-hydrogen) atoms. The molecule has 2 atom stereocenters. The van der Waals surface area contributed by atoms with Crippen molar-refractivity contribution < 1.29 is 9.53 Å². The van der Waals surface area contributed by atoms with Gasteiger partial charge >= 0.3 is 0 Å². The van der Waals surface area contributed by atoms with Crippen molar-refractivity contribution in [3.8, 4) is 0 Å². The zero-order chi connectivity index (χ0) is 13.0. The van der Waals surface area contributed by atoms with Gasteiger partial charge in [0.25, 0.3) is 0 Å². The molecule has 0 spiro atoms. The van der Waals surface area contributed by atoms with Gasteiger partial charge in [-0.2, -0.15) is 0 Å². The molecule has 0 bridgehead atoms. The van der Waals surface area contributed by atoms with E-state index in [1.165, 1.54) is 6.08 Å². The zero-order valence-corrected chi connectivity index (χ0v) is 10.4. The maximum absolute atomic E-state index is 11.7. The summed E-state index contributed by atoms with van der Waals surface area (Å²) in [5, 5.41) is 2.93. The lowest BCUT2D eigenvalue weighted by atomic mass is 10.1. The Kier molecular flexibility index (Phi) is 3.99. The molecule has 1 fully saturated rings. The number of ether oxygens (including phenoxy) is 1. The normalized spacial score (nSPS) is 23.4. The van der Waals surface area contributed by atoms with E-state index in [2.05, 4.69) is 5.32 Å². The van der Waals surface area contributed by atoms with Crippen LogP contribution in [-0.4, -0.2) is 24.7 Å². The molecule has 4 heteroatoms. The fourth-order valence-corrected chi connectivity index (χ4v) is 1.93. The molecule has 2 unspecified atom stereocenters. The molecule has 1 amide bonds. The van der Waals surface area contributed by atoms with Crippen molar-refractivity contribution in [2.75, 3.05) is 12.3 Å². The quantitative estimate of drug-likeness (QED) is 0.628.